The molecule has 162 valence electrons. The Morgan fingerprint density at radius 2 is 1.76 bits per heavy atom. The van der Waals surface area contributed by atoms with Gasteiger partial charge >= 0.3 is 12.2 Å². The Hall–Kier alpha value is -2.35. The van der Waals surface area contributed by atoms with Crippen molar-refractivity contribution in [2.75, 3.05) is 18.4 Å². The van der Waals surface area contributed by atoms with Crippen LogP contribution in [0.25, 0.3) is 0 Å². The molecule has 0 spiro atoms. The van der Waals surface area contributed by atoms with Crippen LogP contribution in [0.1, 0.15) is 52.8 Å². The molecule has 0 aromatic carbocycles. The first kappa shape index (κ1) is 22.9. The van der Waals surface area contributed by atoms with Crippen LogP contribution in [0.4, 0.5) is 15.4 Å². The molecule has 0 saturated carbocycles. The van der Waals surface area contributed by atoms with Crippen LogP contribution >= 0.6 is 0 Å². The quantitative estimate of drug-likeness (QED) is 0.795. The molecule has 2 unspecified atom stereocenters. The predicted octanol–water partition coefficient (Wildman–Crippen LogP) is 3.51. The van der Waals surface area contributed by atoms with Crippen LogP contribution in [-0.4, -0.2) is 57.6 Å². The lowest BCUT2D eigenvalue weighted by Gasteiger charge is -2.24. The van der Waals surface area contributed by atoms with Gasteiger partial charge in [0.15, 0.2) is 0 Å². The van der Waals surface area contributed by atoms with Gasteiger partial charge in [0.1, 0.15) is 17.0 Å². The number of aryl methyl sites for hydroxylation is 1. The zero-order chi connectivity index (χ0) is 22.0. The number of aliphatic hydroxyl groups is 1. The molecule has 2 N–H and O–H groups in total. The summed E-state index contributed by atoms with van der Waals surface area (Å²) in [4.78, 5) is 30.1. The minimum atomic E-state index is -0.641. The van der Waals surface area contributed by atoms with Gasteiger partial charge < -0.3 is 19.5 Å². The highest BCUT2D eigenvalue weighted by Gasteiger charge is 2.36. The number of nitrogens with one attached hydrogen (secondary N) is 1. The van der Waals surface area contributed by atoms with E-state index in [9.17, 15) is 14.7 Å². The molecule has 1 saturated heterocycles. The van der Waals surface area contributed by atoms with Crippen LogP contribution in [0.2, 0.25) is 0 Å². The van der Waals surface area contributed by atoms with E-state index in [-0.39, 0.29) is 12.5 Å². The number of nitrogens with zero attached hydrogens (tertiary/aromatic N) is 2. The van der Waals surface area contributed by atoms with Gasteiger partial charge in [0, 0.05) is 18.2 Å². The first-order valence-corrected chi connectivity index (χ1v) is 9.85. The number of carbonyl (C=O) groups excluding carboxylic acids is 2. The van der Waals surface area contributed by atoms with Crippen molar-refractivity contribution in [3.63, 3.8) is 0 Å². The zero-order valence-electron chi connectivity index (χ0n) is 18.4. The van der Waals surface area contributed by atoms with Gasteiger partial charge in [-0.15, -0.1) is 0 Å². The number of hydrogen-bond donors (Lipinski definition) is 2. The summed E-state index contributed by atoms with van der Waals surface area (Å²) in [5.41, 5.74) is 0.476. The van der Waals surface area contributed by atoms with E-state index in [1.807, 2.05) is 33.8 Å². The predicted molar refractivity (Wildman–Crippen MR) is 110 cm³/mol. The van der Waals surface area contributed by atoms with Gasteiger partial charge in [-0.25, -0.2) is 14.6 Å². The number of hydrogen-bond acceptors (Lipinski definition) is 6. The number of carbonyl (C=O) groups is 2. The maximum absolute atomic E-state index is 12.3. The number of pyridine rings is 1. The lowest BCUT2D eigenvalue weighted by Crippen LogP contribution is -2.35. The van der Waals surface area contributed by atoms with Gasteiger partial charge in [-0.1, -0.05) is 0 Å². The van der Waals surface area contributed by atoms with Crippen molar-refractivity contribution in [3.05, 3.63) is 23.4 Å². The minimum absolute atomic E-state index is 0.126. The highest BCUT2D eigenvalue weighted by Crippen LogP contribution is 2.25. The van der Waals surface area contributed by atoms with E-state index < -0.39 is 29.5 Å². The third kappa shape index (κ3) is 7.53. The molecular weight excluding hydrogens is 374 g/mol. The van der Waals surface area contributed by atoms with Gasteiger partial charge in [0.2, 0.25) is 0 Å². The van der Waals surface area contributed by atoms with Crippen molar-refractivity contribution >= 4 is 18.0 Å². The van der Waals surface area contributed by atoms with Gasteiger partial charge in [-0.2, -0.15) is 0 Å². The molecule has 2 amide bonds. The Morgan fingerprint density at radius 3 is 2.34 bits per heavy atom. The minimum Gasteiger partial charge on any atom is -0.444 e. The van der Waals surface area contributed by atoms with E-state index in [1.54, 1.807) is 26.8 Å². The van der Waals surface area contributed by atoms with Crippen molar-refractivity contribution in [1.82, 2.24) is 9.88 Å². The van der Waals surface area contributed by atoms with Crippen LogP contribution in [0.5, 0.6) is 0 Å². The van der Waals surface area contributed by atoms with Crippen LogP contribution in [0.3, 0.4) is 0 Å². The van der Waals surface area contributed by atoms with E-state index in [2.05, 4.69) is 10.3 Å². The van der Waals surface area contributed by atoms with Gasteiger partial charge in [0.25, 0.3) is 0 Å². The van der Waals surface area contributed by atoms with E-state index in [0.717, 1.165) is 11.3 Å². The third-order valence-corrected chi connectivity index (χ3v) is 4.20. The van der Waals surface area contributed by atoms with Crippen LogP contribution < -0.4 is 5.32 Å². The first-order valence-electron chi connectivity index (χ1n) is 9.85. The summed E-state index contributed by atoms with van der Waals surface area (Å²) in [5, 5.41) is 13.1. The molecule has 1 aliphatic heterocycles. The van der Waals surface area contributed by atoms with Crippen molar-refractivity contribution < 1.29 is 24.2 Å². The fourth-order valence-electron chi connectivity index (χ4n) is 3.16. The van der Waals surface area contributed by atoms with Crippen molar-refractivity contribution in [2.24, 2.45) is 5.92 Å². The normalized spacial score (nSPS) is 19.8. The van der Waals surface area contributed by atoms with Crippen molar-refractivity contribution in [1.29, 1.82) is 0 Å². The fourth-order valence-corrected chi connectivity index (χ4v) is 3.16. The Labute approximate surface area is 172 Å². The van der Waals surface area contributed by atoms with Crippen molar-refractivity contribution in [3.8, 4) is 0 Å². The maximum Gasteiger partial charge on any atom is 0.413 e. The zero-order valence-corrected chi connectivity index (χ0v) is 18.4. The molecule has 1 fully saturated rings. The number of β-amino-alcohol motifs (C(OH)–C–C–N with tert-alkyl or cyclic N) is 1. The molecular formula is C21H33N3O5. The molecule has 2 atom stereocenters. The Balaban J connectivity index is 2.03. The highest BCUT2D eigenvalue weighted by atomic mass is 16.6. The topological polar surface area (TPSA) is 101 Å². The van der Waals surface area contributed by atoms with Crippen molar-refractivity contribution in [2.45, 2.75) is 72.2 Å². The number of rotatable bonds is 3. The standard InChI is InChI=1S/C21H33N3O5/c1-13-8-14(10-17(22-13)23-18(26)28-20(2,3)4)9-15-11-24(12-16(15)25)19(27)29-21(5,6)7/h8,10,15-16,25H,9,11-12H2,1-7H3,(H,22,23,26). The molecule has 0 radical (unpaired) electrons. The maximum atomic E-state index is 12.3. The number of ether oxygens (including phenoxy) is 2. The number of amides is 2. The average molecular weight is 408 g/mol. The monoisotopic (exact) mass is 407 g/mol. The first-order chi connectivity index (χ1) is 13.2. The molecule has 1 aromatic heterocycles. The lowest BCUT2D eigenvalue weighted by atomic mass is 9.97. The summed E-state index contributed by atoms with van der Waals surface area (Å²) >= 11 is 0. The van der Waals surface area contributed by atoms with E-state index in [0.29, 0.717) is 18.8 Å². The summed E-state index contributed by atoms with van der Waals surface area (Å²) in [5.74, 6) is 0.268. The smallest absolute Gasteiger partial charge is 0.413 e. The second-order valence-electron chi connectivity index (χ2n) is 9.55. The van der Waals surface area contributed by atoms with E-state index in [4.69, 9.17) is 9.47 Å². The average Bonchev–Trinajstić information content (AvgIpc) is 2.84. The van der Waals surface area contributed by atoms with Gasteiger partial charge in [-0.3, -0.25) is 5.32 Å². The summed E-state index contributed by atoms with van der Waals surface area (Å²) in [6, 6.07) is 3.67. The van der Waals surface area contributed by atoms with Crippen LogP contribution in [0, 0.1) is 12.8 Å². The van der Waals surface area contributed by atoms with Gasteiger partial charge in [-0.05, 0) is 72.6 Å². The molecule has 2 rings (SSSR count). The molecule has 1 aliphatic rings. The molecule has 2 heterocycles. The van der Waals surface area contributed by atoms with Gasteiger partial charge in [0.05, 0.1) is 12.6 Å². The summed E-state index contributed by atoms with van der Waals surface area (Å²) < 4.78 is 10.7. The summed E-state index contributed by atoms with van der Waals surface area (Å²) in [6.07, 6.45) is -1.08. The summed E-state index contributed by atoms with van der Waals surface area (Å²) in [6.45, 7) is 13.3. The Bertz CT molecular complexity index is 752. The number of anilines is 1. The second-order valence-corrected chi connectivity index (χ2v) is 9.55. The largest absolute Gasteiger partial charge is 0.444 e. The van der Waals surface area contributed by atoms with E-state index in [1.165, 1.54) is 4.90 Å². The lowest BCUT2D eigenvalue weighted by molar-refractivity contribution is 0.0269. The highest BCUT2D eigenvalue weighted by molar-refractivity contribution is 5.83. The van der Waals surface area contributed by atoms with E-state index >= 15 is 0 Å². The third-order valence-electron chi connectivity index (χ3n) is 4.20. The summed E-state index contributed by atoms with van der Waals surface area (Å²) in [7, 11) is 0. The molecule has 8 heteroatoms. The number of aliphatic hydroxyl groups excluding tert-OH is 1. The molecule has 29 heavy (non-hydrogen) atoms. The number of aromatic nitrogens is 1. The molecule has 0 aliphatic carbocycles. The fraction of sp³-hybridized carbons (Fsp3) is 0.667. The molecule has 0 bridgehead atoms. The molecule has 8 nitrogen and oxygen atoms in total. The Morgan fingerprint density at radius 1 is 1.14 bits per heavy atom. The SMILES string of the molecule is Cc1cc(CC2CN(C(=O)OC(C)(C)C)CC2O)cc(NC(=O)OC(C)(C)C)n1. The van der Waals surface area contributed by atoms with Crippen LogP contribution in [0.15, 0.2) is 12.1 Å². The van der Waals surface area contributed by atoms with Crippen LogP contribution in [-0.2, 0) is 15.9 Å². The Kier molecular flexibility index (Phi) is 6.78. The number of likely N-dealkylation sites (tertiary alicyclic amines) is 1. The molecule has 1 aromatic rings. The second kappa shape index (κ2) is 8.57.